The predicted octanol–water partition coefficient (Wildman–Crippen LogP) is 0.721. The molecule has 0 bridgehead atoms. The van der Waals surface area contributed by atoms with Crippen LogP contribution in [0.1, 0.15) is 12.8 Å². The van der Waals surface area contributed by atoms with E-state index < -0.39 is 0 Å². The molecule has 8 heavy (non-hydrogen) atoms. The molecule has 0 saturated heterocycles. The van der Waals surface area contributed by atoms with Crippen LogP contribution in [0.15, 0.2) is 12.2 Å². The van der Waals surface area contributed by atoms with E-state index in [1.165, 1.54) is 0 Å². The van der Waals surface area contributed by atoms with Gasteiger partial charge in [0.2, 0.25) is 0 Å². The summed E-state index contributed by atoms with van der Waals surface area (Å²) in [4.78, 5) is 19.3. The number of hydrogen-bond acceptors (Lipinski definition) is 2. The van der Waals surface area contributed by atoms with Crippen LogP contribution in [0.2, 0.25) is 0 Å². The summed E-state index contributed by atoms with van der Waals surface area (Å²) in [5.41, 5.74) is 0. The van der Waals surface area contributed by atoms with Crippen molar-refractivity contribution in [3.63, 3.8) is 0 Å². The first-order valence-corrected chi connectivity index (χ1v) is 2.44. The lowest BCUT2D eigenvalue weighted by Crippen LogP contribution is -1.68. The van der Waals surface area contributed by atoms with E-state index >= 15 is 0 Å². The molecule has 0 amide bonds. The summed E-state index contributed by atoms with van der Waals surface area (Å²) in [6.07, 6.45) is 5.74. The van der Waals surface area contributed by atoms with Crippen molar-refractivity contribution in [1.29, 1.82) is 0 Å². The first-order valence-electron chi connectivity index (χ1n) is 2.44. The van der Waals surface area contributed by atoms with E-state index in [4.69, 9.17) is 0 Å². The highest BCUT2D eigenvalue weighted by molar-refractivity contribution is 5.54. The molecule has 0 saturated carbocycles. The first-order chi connectivity index (χ1) is 3.91. The van der Waals surface area contributed by atoms with Crippen molar-refractivity contribution in [1.82, 2.24) is 0 Å². The lowest BCUT2D eigenvalue weighted by atomic mass is 10.3. The van der Waals surface area contributed by atoms with E-state index in [-0.39, 0.29) is 0 Å². The molecule has 0 fully saturated rings. The van der Waals surface area contributed by atoms with Gasteiger partial charge < -0.3 is 9.59 Å². The molecule has 44 valence electrons. The Kier molecular flexibility index (Phi) is 5.38. The maximum absolute atomic E-state index is 9.63. The standard InChI is InChI=1S/C6H8O2/c7-5-3-1-2-4-6-8/h1-2,5-6H,3-4H2/b2-1-. The van der Waals surface area contributed by atoms with Gasteiger partial charge in [0, 0.05) is 12.8 Å². The molecule has 0 N–H and O–H groups in total. The third-order valence-corrected chi connectivity index (χ3v) is 0.631. The average molecular weight is 112 g/mol. The minimum Gasteiger partial charge on any atom is -0.303 e. The largest absolute Gasteiger partial charge is 0.303 e. The van der Waals surface area contributed by atoms with E-state index in [1.807, 2.05) is 0 Å². The Hall–Kier alpha value is -0.920. The van der Waals surface area contributed by atoms with Crippen molar-refractivity contribution in [3.05, 3.63) is 12.2 Å². The molecular weight excluding hydrogens is 104 g/mol. The highest BCUT2D eigenvalue weighted by Crippen LogP contribution is 1.79. The molecule has 2 nitrogen and oxygen atoms in total. The highest BCUT2D eigenvalue weighted by Gasteiger charge is 1.71. The Labute approximate surface area is 48.2 Å². The SMILES string of the molecule is O=CC/C=C\CC=O. The van der Waals surface area contributed by atoms with Gasteiger partial charge in [-0.25, -0.2) is 0 Å². The second-order valence-corrected chi connectivity index (χ2v) is 1.28. The maximum Gasteiger partial charge on any atom is 0.123 e. The van der Waals surface area contributed by atoms with Crippen LogP contribution in [0.4, 0.5) is 0 Å². The summed E-state index contributed by atoms with van der Waals surface area (Å²) in [5.74, 6) is 0. The number of carbonyl (C=O) groups excluding carboxylic acids is 2. The van der Waals surface area contributed by atoms with Crippen molar-refractivity contribution < 1.29 is 9.59 Å². The third kappa shape index (κ3) is 5.08. The average Bonchev–Trinajstić information content (AvgIpc) is 1.81. The van der Waals surface area contributed by atoms with Gasteiger partial charge in [0.05, 0.1) is 0 Å². The molecule has 2 heteroatoms. The zero-order valence-corrected chi connectivity index (χ0v) is 4.54. The smallest absolute Gasteiger partial charge is 0.123 e. The summed E-state index contributed by atoms with van der Waals surface area (Å²) in [5, 5.41) is 0. The fourth-order valence-corrected chi connectivity index (χ4v) is 0.304. The molecule has 0 aliphatic carbocycles. The predicted molar refractivity (Wildman–Crippen MR) is 30.5 cm³/mol. The molecule has 0 spiro atoms. The van der Waals surface area contributed by atoms with Crippen molar-refractivity contribution in [2.45, 2.75) is 12.8 Å². The van der Waals surface area contributed by atoms with E-state index in [0.717, 1.165) is 12.6 Å². The van der Waals surface area contributed by atoms with Crippen LogP contribution in [0.25, 0.3) is 0 Å². The van der Waals surface area contributed by atoms with Crippen molar-refractivity contribution >= 4 is 12.6 Å². The van der Waals surface area contributed by atoms with Crippen LogP contribution in [0, 0.1) is 0 Å². The molecule has 0 aliphatic heterocycles. The topological polar surface area (TPSA) is 34.1 Å². The highest BCUT2D eigenvalue weighted by atomic mass is 16.1. The molecule has 0 aromatic carbocycles. The quantitative estimate of drug-likeness (QED) is 0.396. The van der Waals surface area contributed by atoms with Gasteiger partial charge in [-0.1, -0.05) is 12.2 Å². The van der Waals surface area contributed by atoms with E-state index in [0.29, 0.717) is 12.8 Å². The minimum absolute atomic E-state index is 0.411. The summed E-state index contributed by atoms with van der Waals surface area (Å²) < 4.78 is 0. The molecule has 0 unspecified atom stereocenters. The van der Waals surface area contributed by atoms with E-state index in [9.17, 15) is 9.59 Å². The van der Waals surface area contributed by atoms with Crippen LogP contribution in [0.3, 0.4) is 0 Å². The zero-order chi connectivity index (χ0) is 6.24. The van der Waals surface area contributed by atoms with Crippen LogP contribution in [-0.4, -0.2) is 12.6 Å². The second kappa shape index (κ2) is 6.08. The van der Waals surface area contributed by atoms with Crippen molar-refractivity contribution in [2.75, 3.05) is 0 Å². The number of rotatable bonds is 4. The maximum atomic E-state index is 9.63. The summed E-state index contributed by atoms with van der Waals surface area (Å²) in [7, 11) is 0. The Morgan fingerprint density at radius 2 is 1.25 bits per heavy atom. The van der Waals surface area contributed by atoms with Gasteiger partial charge in [-0.2, -0.15) is 0 Å². The number of allylic oxidation sites excluding steroid dienone is 2. The molecule has 0 heterocycles. The van der Waals surface area contributed by atoms with Crippen molar-refractivity contribution in [2.24, 2.45) is 0 Å². The lowest BCUT2D eigenvalue weighted by molar-refractivity contribution is -0.108. The third-order valence-electron chi connectivity index (χ3n) is 0.631. The summed E-state index contributed by atoms with van der Waals surface area (Å²) >= 11 is 0. The van der Waals surface area contributed by atoms with Gasteiger partial charge in [-0.05, 0) is 0 Å². The van der Waals surface area contributed by atoms with Gasteiger partial charge >= 0.3 is 0 Å². The number of aldehydes is 2. The molecule has 0 atom stereocenters. The molecule has 0 aromatic rings. The van der Waals surface area contributed by atoms with Gasteiger partial charge in [-0.15, -0.1) is 0 Å². The second-order valence-electron chi connectivity index (χ2n) is 1.28. The van der Waals surface area contributed by atoms with E-state index in [1.54, 1.807) is 12.2 Å². The normalized spacial score (nSPS) is 9.50. The number of carbonyl (C=O) groups is 2. The van der Waals surface area contributed by atoms with Gasteiger partial charge in [0.25, 0.3) is 0 Å². The Balaban J connectivity index is 3.06. The summed E-state index contributed by atoms with van der Waals surface area (Å²) in [6.45, 7) is 0. The molecule has 0 aliphatic rings. The Bertz CT molecular complexity index is 82.7. The molecule has 0 radical (unpaired) electrons. The van der Waals surface area contributed by atoms with Crippen LogP contribution >= 0.6 is 0 Å². The van der Waals surface area contributed by atoms with Crippen LogP contribution in [-0.2, 0) is 9.59 Å². The van der Waals surface area contributed by atoms with Gasteiger partial charge in [-0.3, -0.25) is 0 Å². The monoisotopic (exact) mass is 112 g/mol. The Morgan fingerprint density at radius 1 is 0.875 bits per heavy atom. The fraction of sp³-hybridized carbons (Fsp3) is 0.333. The molecule has 0 aromatic heterocycles. The summed E-state index contributed by atoms with van der Waals surface area (Å²) in [6, 6.07) is 0. The molecular formula is C6H8O2. The molecule has 0 rings (SSSR count). The van der Waals surface area contributed by atoms with E-state index in [2.05, 4.69) is 0 Å². The number of hydrogen-bond donors (Lipinski definition) is 0. The Morgan fingerprint density at radius 3 is 1.50 bits per heavy atom. The fourth-order valence-electron chi connectivity index (χ4n) is 0.304. The van der Waals surface area contributed by atoms with Crippen LogP contribution < -0.4 is 0 Å². The van der Waals surface area contributed by atoms with Gasteiger partial charge in [0.1, 0.15) is 12.6 Å². The van der Waals surface area contributed by atoms with Gasteiger partial charge in [0.15, 0.2) is 0 Å². The van der Waals surface area contributed by atoms with Crippen molar-refractivity contribution in [3.8, 4) is 0 Å². The van der Waals surface area contributed by atoms with Crippen LogP contribution in [0.5, 0.6) is 0 Å². The first kappa shape index (κ1) is 7.08. The zero-order valence-electron chi connectivity index (χ0n) is 4.54. The minimum atomic E-state index is 0.411. The lowest BCUT2D eigenvalue weighted by Gasteiger charge is -1.72.